The number of anilines is 1. The number of nitriles is 1. The highest BCUT2D eigenvalue weighted by Gasteiger charge is 2.27. The van der Waals surface area contributed by atoms with Gasteiger partial charge in [0.15, 0.2) is 18.4 Å². The number of nitrogens with one attached hydrogen (secondary N) is 1. The molecule has 0 fully saturated rings. The van der Waals surface area contributed by atoms with Crippen LogP contribution in [0.25, 0.3) is 11.0 Å². The van der Waals surface area contributed by atoms with Gasteiger partial charge in [0.25, 0.3) is 0 Å². The van der Waals surface area contributed by atoms with Gasteiger partial charge in [0.1, 0.15) is 29.8 Å². The van der Waals surface area contributed by atoms with Crippen LogP contribution in [0.4, 0.5) is 19.5 Å². The lowest BCUT2D eigenvalue weighted by Gasteiger charge is -2.24. The fourth-order valence-corrected chi connectivity index (χ4v) is 2.72. The van der Waals surface area contributed by atoms with Crippen LogP contribution >= 0.6 is 0 Å². The van der Waals surface area contributed by atoms with Gasteiger partial charge in [-0.3, -0.25) is 9.59 Å². The van der Waals surface area contributed by atoms with E-state index in [0.29, 0.717) is 6.07 Å². The second kappa shape index (κ2) is 11.5. The number of nitrogens with two attached hydrogens (primary N) is 1. The minimum atomic E-state index is -1.25. The van der Waals surface area contributed by atoms with E-state index < -0.39 is 64.5 Å². The molecule has 14 heteroatoms. The lowest BCUT2D eigenvalue weighted by Crippen LogP contribution is -2.37. The largest absolute Gasteiger partial charge is 0.510 e. The number of ether oxygens (including phenoxy) is 3. The molecule has 1 atom stereocenters. The summed E-state index contributed by atoms with van der Waals surface area (Å²) in [5.74, 6) is -4.16. The molecule has 190 valence electrons. The van der Waals surface area contributed by atoms with Gasteiger partial charge in [-0.05, 0) is 11.5 Å². The van der Waals surface area contributed by atoms with Crippen LogP contribution in [-0.4, -0.2) is 65.7 Å². The zero-order valence-electron chi connectivity index (χ0n) is 19.3. The minimum absolute atomic E-state index is 0.0332. The highest BCUT2D eigenvalue weighted by molar-refractivity contribution is 5.94. The fraction of sp³-hybridized carbons (Fsp3) is 0.476. The molecule has 0 radical (unpaired) electrons. The van der Waals surface area contributed by atoms with Crippen LogP contribution in [-0.2, 0) is 23.8 Å². The summed E-state index contributed by atoms with van der Waals surface area (Å²) in [6.07, 6.45) is -1.22. The number of nitrogens with zero attached hydrogens (tertiary/aromatic N) is 3. The van der Waals surface area contributed by atoms with Gasteiger partial charge in [0, 0.05) is 6.42 Å². The Bertz CT molecular complexity index is 1140. The number of halogens is 2. The summed E-state index contributed by atoms with van der Waals surface area (Å²) in [6, 6.07) is 0.979. The summed E-state index contributed by atoms with van der Waals surface area (Å²) in [5.41, 5.74) is 3.36. The molecule has 0 aliphatic heterocycles. The molecule has 2 aromatic rings. The predicted octanol–water partition coefficient (Wildman–Crippen LogP) is 2.02. The van der Waals surface area contributed by atoms with Crippen LogP contribution in [0, 0.1) is 28.4 Å². The van der Waals surface area contributed by atoms with E-state index in [-0.39, 0.29) is 32.2 Å². The summed E-state index contributed by atoms with van der Waals surface area (Å²) < 4.78 is 43.5. The summed E-state index contributed by atoms with van der Waals surface area (Å²) in [7, 11) is 0. The van der Waals surface area contributed by atoms with Crippen molar-refractivity contribution in [1.29, 1.82) is 5.26 Å². The number of aromatic amines is 1. The number of aromatic nitrogens is 2. The second-order valence-corrected chi connectivity index (χ2v) is 8.57. The van der Waals surface area contributed by atoms with Crippen LogP contribution in [0.2, 0.25) is 0 Å². The van der Waals surface area contributed by atoms with Crippen molar-refractivity contribution in [3.05, 3.63) is 23.3 Å². The van der Waals surface area contributed by atoms with Crippen LogP contribution < -0.4 is 10.6 Å². The number of carbonyl (C=O) groups excluding carboxylic acids is 2. The van der Waals surface area contributed by atoms with Gasteiger partial charge in [0.2, 0.25) is 11.9 Å². The van der Waals surface area contributed by atoms with E-state index in [1.165, 1.54) is 6.07 Å². The maximum Gasteiger partial charge on any atom is 0.510 e. The van der Waals surface area contributed by atoms with Crippen molar-refractivity contribution in [2.75, 3.05) is 31.5 Å². The van der Waals surface area contributed by atoms with E-state index in [2.05, 4.69) is 9.97 Å². The number of rotatable bonds is 10. The first-order chi connectivity index (χ1) is 16.3. The average Bonchev–Trinajstić information content (AvgIpc) is 3.20. The molecule has 1 amide bonds. The molecule has 1 aromatic heterocycles. The highest BCUT2D eigenvalue weighted by Crippen LogP contribution is 2.27. The molecule has 1 aromatic carbocycles. The first-order valence-corrected chi connectivity index (χ1v) is 10.3. The number of imidazole rings is 1. The third kappa shape index (κ3) is 7.59. The molecule has 0 aliphatic rings. The van der Waals surface area contributed by atoms with Gasteiger partial charge in [-0.2, -0.15) is 5.26 Å². The standard InChI is InChI=1S/C21H25F2N5O7/c1-21(2,3)7-14(29)28(10-35-20(32)34-5-4-33-9-13(25)18(30)31)19-26-16-12(22)6-11(8-24)15(23)17(16)27-19/h6,13H,4-5,7,9-10,25H2,1-3H3,(H,26,27)(H,30,31)/t13-/m0/s1. The summed E-state index contributed by atoms with van der Waals surface area (Å²) >= 11 is 0. The number of aliphatic carboxylic acids is 1. The lowest BCUT2D eigenvalue weighted by atomic mass is 9.92. The van der Waals surface area contributed by atoms with Crippen molar-refractivity contribution >= 4 is 35.0 Å². The molecule has 4 N–H and O–H groups in total. The Hall–Kier alpha value is -3.83. The molecular weight excluding hydrogens is 472 g/mol. The minimum Gasteiger partial charge on any atom is -0.480 e. The number of carboxylic acids is 1. The molecule has 0 aliphatic carbocycles. The Kier molecular flexibility index (Phi) is 9.04. The van der Waals surface area contributed by atoms with Crippen molar-refractivity contribution < 1.29 is 42.5 Å². The average molecular weight is 497 g/mol. The molecule has 0 saturated carbocycles. The van der Waals surface area contributed by atoms with Crippen LogP contribution in [0.15, 0.2) is 6.07 Å². The number of hydrogen-bond acceptors (Lipinski definition) is 9. The summed E-state index contributed by atoms with van der Waals surface area (Å²) in [5, 5.41) is 17.6. The lowest BCUT2D eigenvalue weighted by molar-refractivity contribution is -0.140. The molecule has 0 spiro atoms. The van der Waals surface area contributed by atoms with E-state index in [4.69, 9.17) is 30.3 Å². The number of carbonyl (C=O) groups is 3. The number of amides is 1. The monoisotopic (exact) mass is 497 g/mol. The van der Waals surface area contributed by atoms with Crippen molar-refractivity contribution in [2.45, 2.75) is 33.2 Å². The zero-order chi connectivity index (χ0) is 26.3. The smallest absolute Gasteiger partial charge is 0.480 e. The number of H-pyrrole nitrogens is 1. The van der Waals surface area contributed by atoms with Crippen LogP contribution in [0.3, 0.4) is 0 Å². The van der Waals surface area contributed by atoms with Crippen molar-refractivity contribution in [3.8, 4) is 6.07 Å². The third-order valence-electron chi connectivity index (χ3n) is 4.38. The van der Waals surface area contributed by atoms with Gasteiger partial charge in [0.05, 0.1) is 18.8 Å². The topological polar surface area (TPSA) is 181 Å². The van der Waals surface area contributed by atoms with Gasteiger partial charge in [-0.25, -0.2) is 23.5 Å². The SMILES string of the molecule is CC(C)(C)CC(=O)N(COC(=O)OCCOC[C@H](N)C(=O)O)c1nc2c(F)cc(C#N)c(F)c2[nH]1. The van der Waals surface area contributed by atoms with Gasteiger partial charge < -0.3 is 30.0 Å². The second-order valence-electron chi connectivity index (χ2n) is 8.57. The molecule has 0 saturated heterocycles. The maximum atomic E-state index is 14.5. The first-order valence-electron chi connectivity index (χ1n) is 10.3. The molecule has 35 heavy (non-hydrogen) atoms. The van der Waals surface area contributed by atoms with Gasteiger partial charge >= 0.3 is 12.1 Å². The van der Waals surface area contributed by atoms with Crippen LogP contribution in [0.1, 0.15) is 32.8 Å². The Morgan fingerprint density at radius 3 is 2.57 bits per heavy atom. The van der Waals surface area contributed by atoms with Crippen molar-refractivity contribution in [3.63, 3.8) is 0 Å². The van der Waals surface area contributed by atoms with Gasteiger partial charge in [-0.1, -0.05) is 20.8 Å². The van der Waals surface area contributed by atoms with E-state index in [9.17, 15) is 23.2 Å². The quantitative estimate of drug-likeness (QED) is 0.249. The summed E-state index contributed by atoms with van der Waals surface area (Å²) in [4.78, 5) is 42.6. The van der Waals surface area contributed by atoms with E-state index in [1.807, 2.05) is 0 Å². The summed E-state index contributed by atoms with van der Waals surface area (Å²) in [6.45, 7) is 3.90. The number of fused-ring (bicyclic) bond motifs is 1. The van der Waals surface area contributed by atoms with E-state index >= 15 is 0 Å². The fourth-order valence-electron chi connectivity index (χ4n) is 2.72. The Morgan fingerprint density at radius 1 is 1.29 bits per heavy atom. The van der Waals surface area contributed by atoms with E-state index in [0.717, 1.165) is 4.90 Å². The molecule has 0 bridgehead atoms. The molecule has 12 nitrogen and oxygen atoms in total. The highest BCUT2D eigenvalue weighted by atomic mass is 19.1. The Labute approximate surface area is 198 Å². The molecule has 0 unspecified atom stereocenters. The number of hydrogen-bond donors (Lipinski definition) is 3. The molecule has 2 rings (SSSR count). The zero-order valence-corrected chi connectivity index (χ0v) is 19.3. The van der Waals surface area contributed by atoms with Crippen LogP contribution in [0.5, 0.6) is 0 Å². The third-order valence-corrected chi connectivity index (χ3v) is 4.38. The maximum absolute atomic E-state index is 14.5. The van der Waals surface area contributed by atoms with Gasteiger partial charge in [-0.15, -0.1) is 0 Å². The normalized spacial score (nSPS) is 12.1. The van der Waals surface area contributed by atoms with E-state index in [1.54, 1.807) is 20.8 Å². The van der Waals surface area contributed by atoms with Crippen molar-refractivity contribution in [1.82, 2.24) is 9.97 Å². The predicted molar refractivity (Wildman–Crippen MR) is 116 cm³/mol. The van der Waals surface area contributed by atoms with Crippen molar-refractivity contribution in [2.24, 2.45) is 11.1 Å². The Morgan fingerprint density at radius 2 is 1.97 bits per heavy atom. The molecular formula is C21H25F2N5O7. The number of carboxylic acid groups (broad SMARTS) is 1. The first kappa shape index (κ1) is 27.4. The Balaban J connectivity index is 2.12. The molecule has 1 heterocycles. The number of benzene rings is 1.